The molecule has 2 N–H and O–H groups in total. The van der Waals surface area contributed by atoms with Gasteiger partial charge in [-0.15, -0.1) is 5.10 Å². The number of halogens is 1. The van der Waals surface area contributed by atoms with Crippen molar-refractivity contribution in [2.75, 3.05) is 10.6 Å². The smallest absolute Gasteiger partial charge is 0.248 e. The molecule has 25 heavy (non-hydrogen) atoms. The number of thiocarbonyl (C=S) groups is 1. The standard InChI is InChI=1S/C18H18ClN5S/c1-12-7-13(2)9-15(8-12)21-18(25)22-17-20-11-24(23-17)10-14-5-3-4-6-16(14)19/h3-9,11H,10H2,1-2H3,(H2,21,22,23,25). The number of aryl methyl sites for hydroxylation is 2. The molecule has 3 aromatic rings. The Balaban J connectivity index is 1.63. The average molecular weight is 372 g/mol. The Morgan fingerprint density at radius 3 is 2.56 bits per heavy atom. The van der Waals surface area contributed by atoms with Crippen LogP contribution in [0.3, 0.4) is 0 Å². The quantitative estimate of drug-likeness (QED) is 0.665. The molecule has 0 bridgehead atoms. The minimum atomic E-state index is 0.439. The molecule has 0 aliphatic carbocycles. The second-order valence-corrected chi connectivity index (χ2v) is 6.63. The first-order valence-electron chi connectivity index (χ1n) is 7.79. The van der Waals surface area contributed by atoms with Gasteiger partial charge < -0.3 is 5.32 Å². The summed E-state index contributed by atoms with van der Waals surface area (Å²) < 4.78 is 1.71. The third kappa shape index (κ3) is 4.78. The summed E-state index contributed by atoms with van der Waals surface area (Å²) >= 11 is 11.5. The summed E-state index contributed by atoms with van der Waals surface area (Å²) in [4.78, 5) is 4.23. The number of nitrogens with one attached hydrogen (secondary N) is 2. The fourth-order valence-electron chi connectivity index (χ4n) is 2.54. The van der Waals surface area contributed by atoms with Crippen LogP contribution in [0.2, 0.25) is 5.02 Å². The Hall–Kier alpha value is -2.44. The number of aromatic nitrogens is 3. The summed E-state index contributed by atoms with van der Waals surface area (Å²) in [5.41, 5.74) is 4.27. The summed E-state index contributed by atoms with van der Waals surface area (Å²) in [5, 5.41) is 11.7. The maximum absolute atomic E-state index is 6.17. The number of rotatable bonds is 4. The predicted molar refractivity (Wildman–Crippen MR) is 106 cm³/mol. The number of hydrogen-bond donors (Lipinski definition) is 2. The van der Waals surface area contributed by atoms with Crippen LogP contribution in [0.4, 0.5) is 11.6 Å². The average Bonchev–Trinajstić information content (AvgIpc) is 2.95. The van der Waals surface area contributed by atoms with Gasteiger partial charge in [0.25, 0.3) is 0 Å². The van der Waals surface area contributed by atoms with Crippen molar-refractivity contribution in [3.63, 3.8) is 0 Å². The molecule has 1 aromatic heterocycles. The lowest BCUT2D eigenvalue weighted by Crippen LogP contribution is -2.20. The molecule has 0 unspecified atom stereocenters. The minimum Gasteiger partial charge on any atom is -0.332 e. The number of anilines is 2. The summed E-state index contributed by atoms with van der Waals surface area (Å²) in [6.45, 7) is 4.64. The first kappa shape index (κ1) is 17.4. The normalized spacial score (nSPS) is 10.5. The summed E-state index contributed by atoms with van der Waals surface area (Å²) in [7, 11) is 0. The van der Waals surface area contributed by atoms with Gasteiger partial charge in [0.05, 0.1) is 6.54 Å². The third-order valence-electron chi connectivity index (χ3n) is 3.53. The Morgan fingerprint density at radius 1 is 1.12 bits per heavy atom. The first-order valence-corrected chi connectivity index (χ1v) is 8.57. The van der Waals surface area contributed by atoms with Crippen LogP contribution in [-0.4, -0.2) is 19.9 Å². The minimum absolute atomic E-state index is 0.439. The summed E-state index contributed by atoms with van der Waals surface area (Å²) in [6.07, 6.45) is 1.64. The molecule has 0 atom stereocenters. The number of nitrogens with zero attached hydrogens (tertiary/aromatic N) is 3. The van der Waals surface area contributed by atoms with Crippen LogP contribution in [-0.2, 0) is 6.54 Å². The van der Waals surface area contributed by atoms with Crippen molar-refractivity contribution in [3.05, 3.63) is 70.5 Å². The zero-order chi connectivity index (χ0) is 17.8. The lowest BCUT2D eigenvalue weighted by atomic mass is 10.1. The number of benzene rings is 2. The highest BCUT2D eigenvalue weighted by atomic mass is 35.5. The van der Waals surface area contributed by atoms with Gasteiger partial charge >= 0.3 is 0 Å². The van der Waals surface area contributed by atoms with E-state index in [1.54, 1.807) is 11.0 Å². The van der Waals surface area contributed by atoms with E-state index in [1.165, 1.54) is 11.1 Å². The van der Waals surface area contributed by atoms with Crippen molar-refractivity contribution in [1.29, 1.82) is 0 Å². The van der Waals surface area contributed by atoms with Crippen molar-refractivity contribution < 1.29 is 0 Å². The van der Waals surface area contributed by atoms with Crippen molar-refractivity contribution in [2.45, 2.75) is 20.4 Å². The van der Waals surface area contributed by atoms with Crippen LogP contribution in [0.5, 0.6) is 0 Å². The molecule has 0 amide bonds. The lowest BCUT2D eigenvalue weighted by Gasteiger charge is -2.09. The van der Waals surface area contributed by atoms with Gasteiger partial charge in [0.15, 0.2) is 5.11 Å². The Morgan fingerprint density at radius 2 is 1.84 bits per heavy atom. The fourth-order valence-corrected chi connectivity index (χ4v) is 2.94. The maximum atomic E-state index is 6.17. The van der Waals surface area contributed by atoms with Gasteiger partial charge in [-0.25, -0.2) is 9.67 Å². The Labute approximate surface area is 157 Å². The van der Waals surface area contributed by atoms with E-state index in [9.17, 15) is 0 Å². The molecular weight excluding hydrogens is 354 g/mol. The van der Waals surface area contributed by atoms with Crippen molar-refractivity contribution >= 4 is 40.6 Å². The molecule has 0 saturated carbocycles. The lowest BCUT2D eigenvalue weighted by molar-refractivity contribution is 0.687. The van der Waals surface area contributed by atoms with Gasteiger partial charge in [-0.3, -0.25) is 5.32 Å². The van der Waals surface area contributed by atoms with Crippen molar-refractivity contribution in [1.82, 2.24) is 14.8 Å². The van der Waals surface area contributed by atoms with E-state index in [1.807, 2.05) is 50.2 Å². The van der Waals surface area contributed by atoms with E-state index in [4.69, 9.17) is 23.8 Å². The van der Waals surface area contributed by atoms with E-state index < -0.39 is 0 Å². The molecule has 5 nitrogen and oxygen atoms in total. The van der Waals surface area contributed by atoms with Gasteiger partial charge in [0, 0.05) is 10.7 Å². The molecule has 0 spiro atoms. The molecule has 7 heteroatoms. The highest BCUT2D eigenvalue weighted by molar-refractivity contribution is 7.80. The molecule has 0 aliphatic heterocycles. The second kappa shape index (κ2) is 7.63. The zero-order valence-electron chi connectivity index (χ0n) is 14.0. The predicted octanol–water partition coefficient (Wildman–Crippen LogP) is 4.41. The SMILES string of the molecule is Cc1cc(C)cc(NC(=S)Nc2ncn(Cc3ccccc3Cl)n2)c1. The highest BCUT2D eigenvalue weighted by Gasteiger charge is 2.06. The van der Waals surface area contributed by atoms with Crippen LogP contribution in [0, 0.1) is 13.8 Å². The molecule has 2 aromatic carbocycles. The molecule has 128 valence electrons. The third-order valence-corrected chi connectivity index (χ3v) is 4.10. The Bertz CT molecular complexity index is 886. The fraction of sp³-hybridized carbons (Fsp3) is 0.167. The van der Waals surface area contributed by atoms with Crippen LogP contribution in [0.15, 0.2) is 48.8 Å². The van der Waals surface area contributed by atoms with Crippen molar-refractivity contribution in [2.24, 2.45) is 0 Å². The van der Waals surface area contributed by atoms with E-state index in [0.717, 1.165) is 11.3 Å². The van der Waals surface area contributed by atoms with E-state index in [-0.39, 0.29) is 0 Å². The second-order valence-electron chi connectivity index (χ2n) is 5.81. The maximum Gasteiger partial charge on any atom is 0.248 e. The molecule has 0 fully saturated rings. The van der Waals surface area contributed by atoms with Crippen LogP contribution >= 0.6 is 23.8 Å². The largest absolute Gasteiger partial charge is 0.332 e. The van der Waals surface area contributed by atoms with E-state index in [2.05, 4.69) is 26.8 Å². The van der Waals surface area contributed by atoms with Crippen LogP contribution < -0.4 is 10.6 Å². The van der Waals surface area contributed by atoms with Gasteiger partial charge in [-0.05, 0) is 61.0 Å². The zero-order valence-corrected chi connectivity index (χ0v) is 15.5. The van der Waals surface area contributed by atoms with Crippen LogP contribution in [0.1, 0.15) is 16.7 Å². The molecule has 3 rings (SSSR count). The number of hydrogen-bond acceptors (Lipinski definition) is 3. The van der Waals surface area contributed by atoms with Crippen LogP contribution in [0.25, 0.3) is 0 Å². The first-order chi connectivity index (χ1) is 12.0. The Kier molecular flexibility index (Phi) is 5.31. The van der Waals surface area contributed by atoms with Gasteiger partial charge in [-0.2, -0.15) is 0 Å². The van der Waals surface area contributed by atoms with E-state index in [0.29, 0.717) is 22.6 Å². The molecule has 0 aliphatic rings. The molecule has 1 heterocycles. The summed E-state index contributed by atoms with van der Waals surface area (Å²) in [6, 6.07) is 13.8. The summed E-state index contributed by atoms with van der Waals surface area (Å²) in [5.74, 6) is 0.439. The molecule has 0 saturated heterocycles. The highest BCUT2D eigenvalue weighted by Crippen LogP contribution is 2.16. The van der Waals surface area contributed by atoms with Gasteiger partial charge in [0.1, 0.15) is 6.33 Å². The topological polar surface area (TPSA) is 54.8 Å². The molecule has 0 radical (unpaired) electrons. The van der Waals surface area contributed by atoms with Gasteiger partial charge in [-0.1, -0.05) is 35.9 Å². The molecular formula is C18H18ClN5S. The van der Waals surface area contributed by atoms with Gasteiger partial charge in [0.2, 0.25) is 5.95 Å². The van der Waals surface area contributed by atoms with Crippen molar-refractivity contribution in [3.8, 4) is 0 Å². The monoisotopic (exact) mass is 371 g/mol. The van der Waals surface area contributed by atoms with E-state index >= 15 is 0 Å².